The van der Waals surface area contributed by atoms with E-state index in [2.05, 4.69) is 26.1 Å². The first-order chi connectivity index (χ1) is 8.61. The average molecular weight is 329 g/mol. The van der Waals surface area contributed by atoms with Gasteiger partial charge in [-0.1, -0.05) is 0 Å². The van der Waals surface area contributed by atoms with Crippen LogP contribution in [0.25, 0.3) is 10.6 Å². The average Bonchev–Trinajstić information content (AvgIpc) is 2.77. The van der Waals surface area contributed by atoms with E-state index in [9.17, 15) is 9.59 Å². The first-order valence-corrected chi connectivity index (χ1v) is 6.75. The SMILES string of the molecule is CCOC(=O)c1cc(-c2ccc(Br)s2)n[nH]c1=O. The van der Waals surface area contributed by atoms with Crippen molar-refractivity contribution in [2.24, 2.45) is 0 Å². The van der Waals surface area contributed by atoms with Crippen LogP contribution in [-0.4, -0.2) is 22.8 Å². The number of H-pyrrole nitrogens is 1. The maximum atomic E-state index is 11.6. The smallest absolute Gasteiger partial charge is 0.343 e. The lowest BCUT2D eigenvalue weighted by molar-refractivity contribution is 0.0524. The molecule has 0 atom stereocenters. The molecular weight excluding hydrogens is 320 g/mol. The molecule has 0 aliphatic heterocycles. The second kappa shape index (κ2) is 5.45. The highest BCUT2D eigenvalue weighted by Crippen LogP contribution is 2.29. The predicted molar refractivity (Wildman–Crippen MR) is 71.8 cm³/mol. The van der Waals surface area contributed by atoms with Crippen molar-refractivity contribution in [2.45, 2.75) is 6.92 Å². The number of carbonyl (C=O) groups is 1. The van der Waals surface area contributed by atoms with E-state index >= 15 is 0 Å². The number of ether oxygens (including phenoxy) is 1. The topological polar surface area (TPSA) is 72.0 Å². The van der Waals surface area contributed by atoms with Crippen molar-refractivity contribution < 1.29 is 9.53 Å². The van der Waals surface area contributed by atoms with Gasteiger partial charge in [-0.05, 0) is 41.1 Å². The fourth-order valence-corrected chi connectivity index (χ4v) is 2.69. The Morgan fingerprint density at radius 3 is 2.94 bits per heavy atom. The summed E-state index contributed by atoms with van der Waals surface area (Å²) in [6.07, 6.45) is 0. The molecule has 0 spiro atoms. The molecule has 18 heavy (non-hydrogen) atoms. The van der Waals surface area contributed by atoms with E-state index in [1.165, 1.54) is 17.4 Å². The van der Waals surface area contributed by atoms with Gasteiger partial charge in [0.25, 0.3) is 5.56 Å². The third-order valence-corrected chi connectivity index (χ3v) is 3.77. The summed E-state index contributed by atoms with van der Waals surface area (Å²) >= 11 is 4.80. The predicted octanol–water partition coefficient (Wildman–Crippen LogP) is 2.44. The minimum Gasteiger partial charge on any atom is -0.462 e. The number of hydrogen-bond acceptors (Lipinski definition) is 5. The fraction of sp³-hybridized carbons (Fsp3) is 0.182. The van der Waals surface area contributed by atoms with Crippen LogP contribution < -0.4 is 5.56 Å². The zero-order chi connectivity index (χ0) is 13.1. The summed E-state index contributed by atoms with van der Waals surface area (Å²) in [4.78, 5) is 23.9. The number of esters is 1. The molecule has 0 aliphatic rings. The van der Waals surface area contributed by atoms with Crippen molar-refractivity contribution >= 4 is 33.2 Å². The van der Waals surface area contributed by atoms with Crippen LogP contribution in [0, 0.1) is 0 Å². The molecule has 0 aromatic carbocycles. The molecule has 2 heterocycles. The van der Waals surface area contributed by atoms with E-state index in [0.717, 1.165) is 8.66 Å². The molecule has 94 valence electrons. The molecule has 2 rings (SSSR count). The van der Waals surface area contributed by atoms with Crippen LogP contribution in [0.4, 0.5) is 0 Å². The van der Waals surface area contributed by atoms with Crippen LogP contribution in [-0.2, 0) is 4.74 Å². The van der Waals surface area contributed by atoms with E-state index in [-0.39, 0.29) is 12.2 Å². The molecule has 0 fully saturated rings. The number of halogens is 1. The maximum absolute atomic E-state index is 11.6. The Morgan fingerprint density at radius 1 is 1.56 bits per heavy atom. The molecule has 0 bridgehead atoms. The molecule has 0 amide bonds. The lowest BCUT2D eigenvalue weighted by Gasteiger charge is -2.02. The quantitative estimate of drug-likeness (QED) is 0.878. The third kappa shape index (κ3) is 2.68. The molecule has 1 N–H and O–H groups in total. The number of rotatable bonds is 3. The summed E-state index contributed by atoms with van der Waals surface area (Å²) in [6, 6.07) is 5.16. The summed E-state index contributed by atoms with van der Waals surface area (Å²) < 4.78 is 5.76. The van der Waals surface area contributed by atoms with Crippen molar-refractivity contribution in [3.05, 3.63) is 37.9 Å². The van der Waals surface area contributed by atoms with Gasteiger partial charge < -0.3 is 4.74 Å². The van der Waals surface area contributed by atoms with Gasteiger partial charge in [-0.15, -0.1) is 11.3 Å². The van der Waals surface area contributed by atoms with Crippen molar-refractivity contribution in [1.82, 2.24) is 10.2 Å². The molecule has 7 heteroatoms. The Labute approximate surface area is 115 Å². The Kier molecular flexibility index (Phi) is 3.93. The van der Waals surface area contributed by atoms with Crippen LogP contribution in [0.5, 0.6) is 0 Å². The normalized spacial score (nSPS) is 10.3. The van der Waals surface area contributed by atoms with Crippen LogP contribution in [0.2, 0.25) is 0 Å². The second-order valence-electron chi connectivity index (χ2n) is 3.32. The van der Waals surface area contributed by atoms with Crippen molar-refractivity contribution in [2.75, 3.05) is 6.61 Å². The molecule has 2 aromatic heterocycles. The molecular formula is C11H9BrN2O3S. The van der Waals surface area contributed by atoms with Gasteiger partial charge in [-0.3, -0.25) is 4.79 Å². The van der Waals surface area contributed by atoms with Gasteiger partial charge in [-0.2, -0.15) is 5.10 Å². The highest BCUT2D eigenvalue weighted by Gasteiger charge is 2.14. The Bertz CT molecular complexity index is 635. The van der Waals surface area contributed by atoms with E-state index in [1.807, 2.05) is 12.1 Å². The van der Waals surface area contributed by atoms with Crippen LogP contribution in [0.1, 0.15) is 17.3 Å². The molecule has 5 nitrogen and oxygen atoms in total. The number of aromatic amines is 1. The Balaban J connectivity index is 2.43. The van der Waals surface area contributed by atoms with Crippen molar-refractivity contribution in [1.29, 1.82) is 0 Å². The minimum atomic E-state index is -0.641. The fourth-order valence-electron chi connectivity index (χ4n) is 1.34. The number of aromatic nitrogens is 2. The number of carbonyl (C=O) groups excluding carboxylic acids is 1. The summed E-state index contributed by atoms with van der Waals surface area (Å²) in [7, 11) is 0. The van der Waals surface area contributed by atoms with Gasteiger partial charge in [0.05, 0.1) is 15.3 Å². The Hall–Kier alpha value is -1.47. The lowest BCUT2D eigenvalue weighted by Crippen LogP contribution is -2.20. The zero-order valence-corrected chi connectivity index (χ0v) is 11.8. The standard InChI is InChI=1S/C11H9BrN2O3S/c1-2-17-11(16)6-5-7(13-14-10(6)15)8-3-4-9(12)18-8/h3-5H,2H2,1H3,(H,14,15). The first kappa shape index (κ1) is 13.0. The van der Waals surface area contributed by atoms with Crippen LogP contribution in [0.15, 0.2) is 26.8 Å². The summed E-state index contributed by atoms with van der Waals surface area (Å²) in [5, 5.41) is 6.21. The molecule has 0 unspecified atom stereocenters. The molecule has 0 aliphatic carbocycles. The molecule has 0 radical (unpaired) electrons. The first-order valence-electron chi connectivity index (χ1n) is 5.14. The van der Waals surface area contributed by atoms with E-state index < -0.39 is 11.5 Å². The number of thiophene rings is 1. The lowest BCUT2D eigenvalue weighted by atomic mass is 10.2. The molecule has 0 saturated heterocycles. The Morgan fingerprint density at radius 2 is 2.33 bits per heavy atom. The third-order valence-electron chi connectivity index (χ3n) is 2.12. The number of nitrogens with zero attached hydrogens (tertiary/aromatic N) is 1. The van der Waals surface area contributed by atoms with E-state index in [1.54, 1.807) is 6.92 Å². The summed E-state index contributed by atoms with van der Waals surface area (Å²) in [6.45, 7) is 1.91. The van der Waals surface area contributed by atoms with Crippen molar-refractivity contribution in [3.63, 3.8) is 0 Å². The molecule has 0 saturated carbocycles. The maximum Gasteiger partial charge on any atom is 0.343 e. The van der Waals surface area contributed by atoms with Crippen LogP contribution >= 0.6 is 27.3 Å². The highest BCUT2D eigenvalue weighted by atomic mass is 79.9. The molecule has 2 aromatic rings. The largest absolute Gasteiger partial charge is 0.462 e. The van der Waals surface area contributed by atoms with Gasteiger partial charge in [0, 0.05) is 0 Å². The minimum absolute atomic E-state index is 0.0358. The van der Waals surface area contributed by atoms with Crippen molar-refractivity contribution in [3.8, 4) is 10.6 Å². The number of nitrogens with one attached hydrogen (secondary N) is 1. The summed E-state index contributed by atoms with van der Waals surface area (Å²) in [5.41, 5.74) is -0.0486. The van der Waals surface area contributed by atoms with Gasteiger partial charge >= 0.3 is 5.97 Å². The van der Waals surface area contributed by atoms with Gasteiger partial charge in [0.2, 0.25) is 0 Å². The van der Waals surface area contributed by atoms with Gasteiger partial charge in [-0.25, -0.2) is 9.89 Å². The second-order valence-corrected chi connectivity index (χ2v) is 5.78. The number of hydrogen-bond donors (Lipinski definition) is 1. The highest BCUT2D eigenvalue weighted by molar-refractivity contribution is 9.11. The zero-order valence-electron chi connectivity index (χ0n) is 9.40. The van der Waals surface area contributed by atoms with E-state index in [0.29, 0.717) is 5.69 Å². The summed E-state index contributed by atoms with van der Waals surface area (Å²) in [5.74, 6) is -0.641. The van der Waals surface area contributed by atoms with E-state index in [4.69, 9.17) is 4.74 Å². The van der Waals surface area contributed by atoms with Crippen LogP contribution in [0.3, 0.4) is 0 Å². The van der Waals surface area contributed by atoms with Gasteiger partial charge in [0.15, 0.2) is 0 Å². The van der Waals surface area contributed by atoms with Gasteiger partial charge in [0.1, 0.15) is 11.3 Å². The monoisotopic (exact) mass is 328 g/mol.